The third-order valence-electron chi connectivity index (χ3n) is 3.36. The number of hydrogen-bond acceptors (Lipinski definition) is 4. The Morgan fingerprint density at radius 3 is 2.56 bits per heavy atom. The van der Waals surface area contributed by atoms with Crippen LogP contribution in [0.4, 0.5) is 0 Å². The Morgan fingerprint density at radius 1 is 1.12 bits per heavy atom. The van der Waals surface area contributed by atoms with Gasteiger partial charge in [0.25, 0.3) is 0 Å². The third-order valence-corrected chi connectivity index (χ3v) is 3.36. The van der Waals surface area contributed by atoms with Gasteiger partial charge in [0, 0.05) is 40.4 Å². The van der Waals surface area contributed by atoms with Gasteiger partial charge in [-0.2, -0.15) is 0 Å². The van der Waals surface area contributed by atoms with Crippen LogP contribution in [0.15, 0.2) is 29.3 Å². The predicted molar refractivity (Wildman–Crippen MR) is 115 cm³/mol. The van der Waals surface area contributed by atoms with Gasteiger partial charge in [-0.15, -0.1) is 24.0 Å². The molecule has 144 valence electrons. The van der Waals surface area contributed by atoms with Gasteiger partial charge in [0.05, 0.1) is 13.2 Å². The van der Waals surface area contributed by atoms with Crippen molar-refractivity contribution in [3.05, 3.63) is 35.4 Å². The molecule has 0 fully saturated rings. The van der Waals surface area contributed by atoms with E-state index in [1.165, 1.54) is 11.1 Å². The fraction of sp³-hybridized carbons (Fsp3) is 0.611. The lowest BCUT2D eigenvalue weighted by Gasteiger charge is -2.14. The van der Waals surface area contributed by atoms with Crippen LogP contribution in [-0.4, -0.2) is 65.5 Å². The van der Waals surface area contributed by atoms with Gasteiger partial charge >= 0.3 is 0 Å². The average Bonchev–Trinajstić information content (AvgIpc) is 2.56. The van der Waals surface area contributed by atoms with E-state index >= 15 is 0 Å². The maximum Gasteiger partial charge on any atom is 0.191 e. The summed E-state index contributed by atoms with van der Waals surface area (Å²) in [5, 5.41) is 6.64. The number of guanidine groups is 1. The van der Waals surface area contributed by atoms with Crippen molar-refractivity contribution in [3.63, 3.8) is 0 Å². The molecule has 6 nitrogen and oxygen atoms in total. The van der Waals surface area contributed by atoms with Crippen LogP contribution in [0.5, 0.6) is 0 Å². The first-order chi connectivity index (χ1) is 11.7. The molecule has 25 heavy (non-hydrogen) atoms. The highest BCUT2D eigenvalue weighted by Crippen LogP contribution is 2.06. The minimum Gasteiger partial charge on any atom is -0.382 e. The summed E-state index contributed by atoms with van der Waals surface area (Å²) in [7, 11) is 7.62. The summed E-state index contributed by atoms with van der Waals surface area (Å²) in [6.45, 7) is 4.54. The minimum absolute atomic E-state index is 0. The van der Waals surface area contributed by atoms with E-state index in [2.05, 4.69) is 58.9 Å². The Bertz CT molecular complexity index is 484. The molecule has 0 aliphatic rings. The molecular weight excluding hydrogens is 431 g/mol. The molecule has 1 rings (SSSR count). The molecule has 0 heterocycles. The molecule has 0 aliphatic carbocycles. The van der Waals surface area contributed by atoms with E-state index in [-0.39, 0.29) is 24.0 Å². The second-order valence-electron chi connectivity index (χ2n) is 5.87. The number of ether oxygens (including phenoxy) is 2. The molecule has 0 aliphatic heterocycles. The van der Waals surface area contributed by atoms with E-state index in [0.717, 1.165) is 38.6 Å². The van der Waals surface area contributed by atoms with E-state index in [4.69, 9.17) is 9.47 Å². The van der Waals surface area contributed by atoms with E-state index in [1.807, 2.05) is 0 Å². The quantitative estimate of drug-likeness (QED) is 0.227. The fourth-order valence-corrected chi connectivity index (χ4v) is 2.23. The number of rotatable bonds is 11. The number of aliphatic imine (C=N–C) groups is 1. The highest BCUT2D eigenvalue weighted by Gasteiger charge is 2.00. The maximum atomic E-state index is 5.43. The minimum atomic E-state index is 0. The molecule has 0 radical (unpaired) electrons. The van der Waals surface area contributed by atoms with Crippen LogP contribution in [-0.2, 0) is 22.6 Å². The first-order valence-corrected chi connectivity index (χ1v) is 8.39. The van der Waals surface area contributed by atoms with Gasteiger partial charge in [-0.1, -0.05) is 24.3 Å². The molecule has 0 saturated heterocycles. The van der Waals surface area contributed by atoms with Crippen molar-refractivity contribution in [1.82, 2.24) is 15.5 Å². The van der Waals surface area contributed by atoms with Crippen LogP contribution < -0.4 is 10.6 Å². The highest BCUT2D eigenvalue weighted by atomic mass is 127. The first kappa shape index (κ1) is 24.1. The Labute approximate surface area is 169 Å². The van der Waals surface area contributed by atoms with Crippen LogP contribution in [0.25, 0.3) is 0 Å². The van der Waals surface area contributed by atoms with Crippen LogP contribution in [0.3, 0.4) is 0 Å². The molecule has 7 heteroatoms. The fourth-order valence-electron chi connectivity index (χ4n) is 2.23. The molecule has 0 aromatic heterocycles. The summed E-state index contributed by atoms with van der Waals surface area (Å²) in [5.74, 6) is 0.810. The van der Waals surface area contributed by atoms with Gasteiger partial charge in [-0.3, -0.25) is 4.99 Å². The number of benzene rings is 1. The van der Waals surface area contributed by atoms with Gasteiger partial charge in [0.1, 0.15) is 0 Å². The lowest BCUT2D eigenvalue weighted by Crippen LogP contribution is -2.37. The molecule has 0 bridgehead atoms. The zero-order chi connectivity index (χ0) is 17.6. The average molecular weight is 464 g/mol. The maximum absolute atomic E-state index is 5.43. The highest BCUT2D eigenvalue weighted by molar-refractivity contribution is 14.0. The van der Waals surface area contributed by atoms with Gasteiger partial charge < -0.3 is 25.0 Å². The second kappa shape index (κ2) is 15.4. The standard InChI is InChI=1S/C18H32N4O2.HI/c1-19-18(20-9-6-10-24-12-11-23-4)21-14-16-7-5-8-17(13-16)15-22(2)3;/h5,7-8,13H,6,9-12,14-15H2,1-4H3,(H2,19,20,21);1H. The van der Waals surface area contributed by atoms with Crippen LogP contribution in [0.2, 0.25) is 0 Å². The smallest absolute Gasteiger partial charge is 0.191 e. The topological polar surface area (TPSA) is 58.1 Å². The Kier molecular flexibility index (Phi) is 14.8. The summed E-state index contributed by atoms with van der Waals surface area (Å²) in [5.41, 5.74) is 2.57. The van der Waals surface area contributed by atoms with Crippen molar-refractivity contribution >= 4 is 29.9 Å². The van der Waals surface area contributed by atoms with Gasteiger partial charge in [-0.05, 0) is 31.6 Å². The molecule has 1 aromatic rings. The van der Waals surface area contributed by atoms with Gasteiger partial charge in [0.2, 0.25) is 0 Å². The first-order valence-electron chi connectivity index (χ1n) is 8.39. The zero-order valence-corrected chi connectivity index (χ0v) is 18.2. The van der Waals surface area contributed by atoms with Gasteiger partial charge in [0.15, 0.2) is 5.96 Å². The molecule has 1 aromatic carbocycles. The summed E-state index contributed by atoms with van der Waals surface area (Å²) < 4.78 is 10.4. The summed E-state index contributed by atoms with van der Waals surface area (Å²) >= 11 is 0. The zero-order valence-electron chi connectivity index (χ0n) is 15.9. The molecule has 0 amide bonds. The van der Waals surface area contributed by atoms with Crippen LogP contribution in [0, 0.1) is 0 Å². The molecule has 0 saturated carbocycles. The normalized spacial score (nSPS) is 11.3. The number of methoxy groups -OCH3 is 1. The number of hydrogen-bond donors (Lipinski definition) is 2. The molecular formula is C18H33IN4O2. The Balaban J connectivity index is 0.00000576. The number of halogens is 1. The molecule has 0 unspecified atom stereocenters. The molecule has 0 atom stereocenters. The van der Waals surface area contributed by atoms with Gasteiger partial charge in [-0.25, -0.2) is 0 Å². The SMILES string of the molecule is CN=C(NCCCOCCOC)NCc1cccc(CN(C)C)c1.I. The van der Waals surface area contributed by atoms with Crippen molar-refractivity contribution in [1.29, 1.82) is 0 Å². The molecule has 2 N–H and O–H groups in total. The van der Waals surface area contributed by atoms with E-state index in [1.54, 1.807) is 14.2 Å². The lowest BCUT2D eigenvalue weighted by atomic mass is 10.1. The lowest BCUT2D eigenvalue weighted by molar-refractivity contribution is 0.0698. The van der Waals surface area contributed by atoms with Crippen molar-refractivity contribution in [2.45, 2.75) is 19.5 Å². The van der Waals surface area contributed by atoms with Crippen molar-refractivity contribution in [2.24, 2.45) is 4.99 Å². The van der Waals surface area contributed by atoms with Crippen molar-refractivity contribution in [3.8, 4) is 0 Å². The molecule has 0 spiro atoms. The third kappa shape index (κ3) is 12.1. The van der Waals surface area contributed by atoms with E-state index in [0.29, 0.717) is 13.2 Å². The summed E-state index contributed by atoms with van der Waals surface area (Å²) in [4.78, 5) is 6.41. The Hall–Kier alpha value is -0.900. The van der Waals surface area contributed by atoms with Crippen molar-refractivity contribution < 1.29 is 9.47 Å². The largest absolute Gasteiger partial charge is 0.382 e. The summed E-state index contributed by atoms with van der Waals surface area (Å²) in [6.07, 6.45) is 0.933. The van der Waals surface area contributed by atoms with Crippen LogP contribution >= 0.6 is 24.0 Å². The van der Waals surface area contributed by atoms with E-state index < -0.39 is 0 Å². The number of nitrogens with one attached hydrogen (secondary N) is 2. The van der Waals surface area contributed by atoms with E-state index in [9.17, 15) is 0 Å². The van der Waals surface area contributed by atoms with Crippen molar-refractivity contribution in [2.75, 3.05) is 54.6 Å². The monoisotopic (exact) mass is 464 g/mol. The number of nitrogens with zero attached hydrogens (tertiary/aromatic N) is 2. The predicted octanol–water partition coefficient (Wildman–Crippen LogP) is 2.08. The second-order valence-corrected chi connectivity index (χ2v) is 5.87. The van der Waals surface area contributed by atoms with Crippen LogP contribution in [0.1, 0.15) is 17.5 Å². The Morgan fingerprint density at radius 2 is 1.88 bits per heavy atom. The summed E-state index contributed by atoms with van der Waals surface area (Å²) in [6, 6.07) is 8.61.